The zero-order chi connectivity index (χ0) is 17.1. The van der Waals surface area contributed by atoms with Gasteiger partial charge in [-0.2, -0.15) is 0 Å². The number of fused-ring (bicyclic) bond motifs is 1. The summed E-state index contributed by atoms with van der Waals surface area (Å²) in [6.45, 7) is 6.90. The molecule has 0 bridgehead atoms. The van der Waals surface area contributed by atoms with Gasteiger partial charge in [-0.05, 0) is 19.1 Å². The Balaban J connectivity index is 1.71. The molecule has 1 amide bonds. The highest BCUT2D eigenvalue weighted by Gasteiger charge is 2.24. The van der Waals surface area contributed by atoms with Crippen molar-refractivity contribution in [3.8, 4) is 0 Å². The lowest BCUT2D eigenvalue weighted by atomic mass is 10.2. The molecule has 2 aromatic rings. The Morgan fingerprint density at radius 1 is 1.17 bits per heavy atom. The molecule has 3 rings (SSSR count). The van der Waals surface area contributed by atoms with Gasteiger partial charge in [0, 0.05) is 73.0 Å². The average Bonchev–Trinajstić information content (AvgIpc) is 2.98. The molecule has 1 aliphatic heterocycles. The van der Waals surface area contributed by atoms with Crippen molar-refractivity contribution < 1.29 is 9.00 Å². The molecule has 0 N–H and O–H groups in total. The third-order valence-corrected chi connectivity index (χ3v) is 5.46. The van der Waals surface area contributed by atoms with Crippen LogP contribution in [0.3, 0.4) is 0 Å². The van der Waals surface area contributed by atoms with Crippen LogP contribution in [0.25, 0.3) is 10.9 Å². The molecular formula is C18H25N3O2S. The van der Waals surface area contributed by atoms with Crippen LogP contribution in [-0.2, 0) is 17.3 Å². The Bertz CT molecular complexity index is 748. The topological polar surface area (TPSA) is 45.6 Å². The Labute approximate surface area is 145 Å². The molecule has 1 aromatic heterocycles. The van der Waals surface area contributed by atoms with Gasteiger partial charge in [0.2, 0.25) is 0 Å². The van der Waals surface area contributed by atoms with Crippen molar-refractivity contribution in [1.82, 2.24) is 14.4 Å². The summed E-state index contributed by atoms with van der Waals surface area (Å²) < 4.78 is 13.3. The number of amides is 1. The van der Waals surface area contributed by atoms with E-state index in [2.05, 4.69) is 28.5 Å². The molecule has 0 spiro atoms. The number of carbonyl (C=O) groups excluding carboxylic acids is 1. The van der Waals surface area contributed by atoms with Gasteiger partial charge in [0.15, 0.2) is 0 Å². The number of hydrogen-bond acceptors (Lipinski definition) is 3. The molecule has 130 valence electrons. The molecule has 1 atom stereocenters. The van der Waals surface area contributed by atoms with Crippen molar-refractivity contribution in [2.24, 2.45) is 0 Å². The van der Waals surface area contributed by atoms with Gasteiger partial charge in [0.25, 0.3) is 5.91 Å². The van der Waals surface area contributed by atoms with Crippen LogP contribution in [0, 0.1) is 0 Å². The number of aryl methyl sites for hydroxylation is 1. The maximum Gasteiger partial charge on any atom is 0.270 e. The minimum atomic E-state index is -0.753. The number of para-hydroxylation sites is 1. The summed E-state index contributed by atoms with van der Waals surface area (Å²) in [5.74, 6) is 0.824. The molecule has 0 saturated carbocycles. The SMILES string of the molecule is CCn1c(C(=O)N2CCN(CC[S@@](C)=O)CC2)cc2ccccc21. The first-order chi connectivity index (χ1) is 11.6. The van der Waals surface area contributed by atoms with Crippen molar-refractivity contribution in [2.45, 2.75) is 13.5 Å². The van der Waals surface area contributed by atoms with Crippen LogP contribution in [0.5, 0.6) is 0 Å². The predicted molar refractivity (Wildman–Crippen MR) is 98.9 cm³/mol. The van der Waals surface area contributed by atoms with Crippen LogP contribution in [0.1, 0.15) is 17.4 Å². The van der Waals surface area contributed by atoms with Crippen molar-refractivity contribution in [3.63, 3.8) is 0 Å². The van der Waals surface area contributed by atoms with E-state index in [1.807, 2.05) is 23.1 Å². The van der Waals surface area contributed by atoms with Crippen LogP contribution >= 0.6 is 0 Å². The molecule has 1 saturated heterocycles. The van der Waals surface area contributed by atoms with Crippen LogP contribution in [-0.4, -0.2) is 69.2 Å². The number of rotatable bonds is 5. The second-order valence-corrected chi connectivity index (χ2v) is 7.80. The number of carbonyl (C=O) groups is 1. The number of benzene rings is 1. The van der Waals surface area contributed by atoms with Gasteiger partial charge in [0.05, 0.1) is 0 Å². The molecule has 1 fully saturated rings. The molecule has 0 aliphatic carbocycles. The van der Waals surface area contributed by atoms with Crippen LogP contribution in [0.2, 0.25) is 0 Å². The van der Waals surface area contributed by atoms with Gasteiger partial charge in [0.1, 0.15) is 5.69 Å². The molecule has 0 radical (unpaired) electrons. The van der Waals surface area contributed by atoms with Gasteiger partial charge < -0.3 is 9.47 Å². The van der Waals surface area contributed by atoms with Crippen molar-refractivity contribution >= 4 is 27.6 Å². The average molecular weight is 347 g/mol. The number of piperazine rings is 1. The highest BCUT2D eigenvalue weighted by molar-refractivity contribution is 7.84. The van der Waals surface area contributed by atoms with Crippen molar-refractivity contribution in [2.75, 3.05) is 44.7 Å². The summed E-state index contributed by atoms with van der Waals surface area (Å²) in [5.41, 5.74) is 1.90. The smallest absolute Gasteiger partial charge is 0.270 e. The zero-order valence-corrected chi connectivity index (χ0v) is 15.2. The number of aromatic nitrogens is 1. The van der Waals surface area contributed by atoms with Gasteiger partial charge in [-0.25, -0.2) is 0 Å². The summed E-state index contributed by atoms with van der Waals surface area (Å²) in [5, 5.41) is 1.12. The second kappa shape index (κ2) is 7.49. The maximum absolute atomic E-state index is 13.0. The first-order valence-electron chi connectivity index (χ1n) is 8.50. The Morgan fingerprint density at radius 2 is 1.88 bits per heavy atom. The zero-order valence-electron chi connectivity index (χ0n) is 14.4. The summed E-state index contributed by atoms with van der Waals surface area (Å²) in [4.78, 5) is 17.2. The quantitative estimate of drug-likeness (QED) is 0.828. The highest BCUT2D eigenvalue weighted by atomic mass is 32.2. The molecule has 2 heterocycles. The van der Waals surface area contributed by atoms with E-state index in [0.717, 1.165) is 55.9 Å². The van der Waals surface area contributed by atoms with Crippen LogP contribution in [0.15, 0.2) is 30.3 Å². The fourth-order valence-electron chi connectivity index (χ4n) is 3.32. The summed E-state index contributed by atoms with van der Waals surface area (Å²) >= 11 is 0. The summed E-state index contributed by atoms with van der Waals surface area (Å²) in [7, 11) is -0.753. The van der Waals surface area contributed by atoms with Gasteiger partial charge >= 0.3 is 0 Å². The fourth-order valence-corrected chi connectivity index (χ4v) is 3.84. The van der Waals surface area contributed by atoms with Crippen molar-refractivity contribution in [3.05, 3.63) is 36.0 Å². The lowest BCUT2D eigenvalue weighted by molar-refractivity contribution is 0.0634. The Kier molecular flexibility index (Phi) is 5.36. The fraction of sp³-hybridized carbons (Fsp3) is 0.500. The number of hydrogen-bond donors (Lipinski definition) is 0. The van der Waals surface area contributed by atoms with Crippen LogP contribution in [0.4, 0.5) is 0 Å². The monoisotopic (exact) mass is 347 g/mol. The molecule has 0 unspecified atom stereocenters. The van der Waals surface area contributed by atoms with E-state index < -0.39 is 10.8 Å². The van der Waals surface area contributed by atoms with E-state index in [1.54, 1.807) is 6.26 Å². The third-order valence-electron chi connectivity index (χ3n) is 4.70. The lowest BCUT2D eigenvalue weighted by Gasteiger charge is -2.34. The molecule has 1 aliphatic rings. The summed E-state index contributed by atoms with van der Waals surface area (Å²) in [6.07, 6.45) is 1.74. The first-order valence-corrected chi connectivity index (χ1v) is 10.2. The summed E-state index contributed by atoms with van der Waals surface area (Å²) in [6, 6.07) is 10.2. The molecule has 6 heteroatoms. The van der Waals surface area contributed by atoms with E-state index in [9.17, 15) is 9.00 Å². The van der Waals surface area contributed by atoms with E-state index in [4.69, 9.17) is 0 Å². The van der Waals surface area contributed by atoms with Gasteiger partial charge in [-0.1, -0.05) is 18.2 Å². The molecule has 5 nitrogen and oxygen atoms in total. The minimum Gasteiger partial charge on any atom is -0.337 e. The third kappa shape index (κ3) is 3.54. The number of nitrogens with zero attached hydrogens (tertiary/aromatic N) is 3. The standard InChI is InChI=1S/C18H25N3O2S/c1-3-21-16-7-5-4-6-15(16)14-17(21)18(22)20-10-8-19(9-11-20)12-13-24(2)23/h4-7,14H,3,8-13H2,1-2H3/t24-/m1/s1. The maximum atomic E-state index is 13.0. The first kappa shape index (κ1) is 17.2. The largest absolute Gasteiger partial charge is 0.337 e. The highest BCUT2D eigenvalue weighted by Crippen LogP contribution is 2.21. The van der Waals surface area contributed by atoms with Crippen molar-refractivity contribution in [1.29, 1.82) is 0 Å². The normalized spacial score (nSPS) is 17.3. The Morgan fingerprint density at radius 3 is 2.54 bits per heavy atom. The predicted octanol–water partition coefficient (Wildman–Crippen LogP) is 1.80. The molecule has 24 heavy (non-hydrogen) atoms. The second-order valence-electron chi connectivity index (χ2n) is 6.24. The van der Waals surface area contributed by atoms with Gasteiger partial charge in [-0.3, -0.25) is 13.9 Å². The van der Waals surface area contributed by atoms with E-state index in [-0.39, 0.29) is 5.91 Å². The molecular weight excluding hydrogens is 322 g/mol. The van der Waals surface area contributed by atoms with E-state index in [0.29, 0.717) is 5.75 Å². The Hall–Kier alpha value is -1.66. The lowest BCUT2D eigenvalue weighted by Crippen LogP contribution is -2.49. The van der Waals surface area contributed by atoms with Crippen LogP contribution < -0.4 is 0 Å². The molecule has 1 aromatic carbocycles. The van der Waals surface area contributed by atoms with Gasteiger partial charge in [-0.15, -0.1) is 0 Å². The minimum absolute atomic E-state index is 0.117. The van der Waals surface area contributed by atoms with E-state index in [1.165, 1.54) is 0 Å². The van der Waals surface area contributed by atoms with E-state index >= 15 is 0 Å².